The number of hydrogen-bond acceptors (Lipinski definition) is 1. The Morgan fingerprint density at radius 1 is 1.21 bits per heavy atom. The van der Waals surface area contributed by atoms with Gasteiger partial charge in [-0.3, -0.25) is 0 Å². The van der Waals surface area contributed by atoms with Crippen LogP contribution in [0.5, 0.6) is 0 Å². The number of hydrogen-bond donors (Lipinski definition) is 1. The third kappa shape index (κ3) is 4.13. The lowest BCUT2D eigenvalue weighted by atomic mass is 9.89. The zero-order valence-corrected chi connectivity index (χ0v) is 14.1. The van der Waals surface area contributed by atoms with Crippen molar-refractivity contribution in [1.29, 1.82) is 0 Å². The van der Waals surface area contributed by atoms with Gasteiger partial charge in [0.05, 0.1) is 15.2 Å². The van der Waals surface area contributed by atoms with Gasteiger partial charge in [-0.1, -0.05) is 44.4 Å². The first-order chi connectivity index (χ1) is 9.08. The molecule has 106 valence electrons. The molecule has 0 radical (unpaired) electrons. The molecule has 1 aliphatic carbocycles. The Bertz CT molecular complexity index is 419. The highest BCUT2D eigenvalue weighted by Gasteiger charge is 2.21. The Kier molecular flexibility index (Phi) is 5.58. The predicted octanol–water partition coefficient (Wildman–Crippen LogP) is 6.12. The quantitative estimate of drug-likeness (QED) is 0.651. The van der Waals surface area contributed by atoms with E-state index in [1.165, 1.54) is 32.1 Å². The maximum Gasteiger partial charge on any atom is 0.0593 e. The summed E-state index contributed by atoms with van der Waals surface area (Å²) in [5, 5.41) is 4.43. The lowest BCUT2D eigenvalue weighted by Gasteiger charge is -2.20. The first-order valence-corrected chi connectivity index (χ1v) is 8.45. The van der Waals surface area contributed by atoms with Gasteiger partial charge >= 0.3 is 0 Å². The number of halogens is 2. The summed E-state index contributed by atoms with van der Waals surface area (Å²) in [4.78, 5) is 0. The minimum Gasteiger partial charge on any atom is -0.381 e. The molecule has 2 atom stereocenters. The molecule has 1 nitrogen and oxygen atoms in total. The highest BCUT2D eigenvalue weighted by Crippen LogP contribution is 2.34. The Labute approximate surface area is 130 Å². The van der Waals surface area contributed by atoms with Crippen molar-refractivity contribution in [2.75, 3.05) is 5.32 Å². The second-order valence-corrected chi connectivity index (χ2v) is 7.16. The average molecular weight is 345 g/mol. The molecule has 1 aromatic rings. The second kappa shape index (κ2) is 6.99. The van der Waals surface area contributed by atoms with Crippen LogP contribution in [0.4, 0.5) is 5.69 Å². The van der Waals surface area contributed by atoms with Gasteiger partial charge in [-0.05, 0) is 59.2 Å². The molecule has 1 N–H and O–H groups in total. The highest BCUT2D eigenvalue weighted by atomic mass is 79.9. The Morgan fingerprint density at radius 3 is 2.74 bits per heavy atom. The summed E-state index contributed by atoms with van der Waals surface area (Å²) in [6, 6.07) is 6.60. The minimum absolute atomic E-state index is 0.582. The average Bonchev–Trinajstić information content (AvgIpc) is 2.60. The van der Waals surface area contributed by atoms with Crippen LogP contribution in [0, 0.1) is 11.8 Å². The molecule has 0 spiro atoms. The molecule has 0 heterocycles. The third-order valence-electron chi connectivity index (χ3n) is 4.27. The number of anilines is 1. The van der Waals surface area contributed by atoms with Crippen molar-refractivity contribution in [3.63, 3.8) is 0 Å². The summed E-state index contributed by atoms with van der Waals surface area (Å²) >= 11 is 9.71. The number of rotatable bonds is 3. The van der Waals surface area contributed by atoms with E-state index in [-0.39, 0.29) is 0 Å². The van der Waals surface area contributed by atoms with Crippen molar-refractivity contribution in [3.8, 4) is 0 Å². The van der Waals surface area contributed by atoms with Crippen LogP contribution >= 0.6 is 27.5 Å². The summed E-state index contributed by atoms with van der Waals surface area (Å²) in [5.74, 6) is 1.71. The molecule has 3 heteroatoms. The van der Waals surface area contributed by atoms with Gasteiger partial charge in [-0.2, -0.15) is 0 Å². The van der Waals surface area contributed by atoms with Crippen LogP contribution < -0.4 is 5.32 Å². The first-order valence-electron chi connectivity index (χ1n) is 7.28. The van der Waals surface area contributed by atoms with Gasteiger partial charge < -0.3 is 5.32 Å². The predicted molar refractivity (Wildman–Crippen MR) is 88.0 cm³/mol. The van der Waals surface area contributed by atoms with E-state index < -0.39 is 0 Å². The standard InChI is InChI=1S/C16H23BrClN/c1-11(2)12-5-3-6-13(10-9-12)19-15-8-4-7-14(18)16(15)17/h4,7-8,11-13,19H,3,5-6,9-10H2,1-2H3. The molecule has 0 aromatic heterocycles. The van der Waals surface area contributed by atoms with Gasteiger partial charge in [-0.15, -0.1) is 0 Å². The summed E-state index contributed by atoms with van der Waals surface area (Å²) in [5.41, 5.74) is 1.13. The molecular weight excluding hydrogens is 322 g/mol. The van der Waals surface area contributed by atoms with Crippen molar-refractivity contribution in [2.45, 2.75) is 52.0 Å². The maximum atomic E-state index is 6.14. The fraction of sp³-hybridized carbons (Fsp3) is 0.625. The number of nitrogens with one attached hydrogen (secondary N) is 1. The second-order valence-electron chi connectivity index (χ2n) is 5.95. The van der Waals surface area contributed by atoms with E-state index in [2.05, 4.69) is 41.2 Å². The van der Waals surface area contributed by atoms with Gasteiger partial charge in [0.15, 0.2) is 0 Å². The largest absolute Gasteiger partial charge is 0.381 e. The smallest absolute Gasteiger partial charge is 0.0593 e. The van der Waals surface area contributed by atoms with Crippen molar-refractivity contribution < 1.29 is 0 Å². The molecule has 0 aliphatic heterocycles. The molecule has 1 fully saturated rings. The van der Waals surface area contributed by atoms with Crippen LogP contribution in [0.3, 0.4) is 0 Å². The zero-order chi connectivity index (χ0) is 13.8. The molecule has 1 aliphatic rings. The summed E-state index contributed by atoms with van der Waals surface area (Å²) in [6.07, 6.45) is 6.59. The fourth-order valence-electron chi connectivity index (χ4n) is 2.98. The fourth-order valence-corrected chi connectivity index (χ4v) is 3.53. The van der Waals surface area contributed by atoms with E-state index in [1.807, 2.05) is 12.1 Å². The Balaban J connectivity index is 1.98. The molecule has 1 aromatic carbocycles. The van der Waals surface area contributed by atoms with Crippen LogP contribution in [0.2, 0.25) is 5.02 Å². The molecule has 2 rings (SSSR count). The maximum absolute atomic E-state index is 6.14. The van der Waals surface area contributed by atoms with E-state index in [0.29, 0.717) is 6.04 Å². The highest BCUT2D eigenvalue weighted by molar-refractivity contribution is 9.10. The van der Waals surface area contributed by atoms with Gasteiger partial charge in [0.1, 0.15) is 0 Å². The molecular formula is C16H23BrClN. The summed E-state index contributed by atoms with van der Waals surface area (Å²) in [6.45, 7) is 4.71. The van der Waals surface area contributed by atoms with E-state index in [4.69, 9.17) is 11.6 Å². The van der Waals surface area contributed by atoms with Crippen molar-refractivity contribution in [1.82, 2.24) is 0 Å². The SMILES string of the molecule is CC(C)C1CCCC(Nc2cccc(Cl)c2Br)CC1. The molecule has 0 bridgehead atoms. The van der Waals surface area contributed by atoms with E-state index in [1.54, 1.807) is 0 Å². The first kappa shape index (κ1) is 15.2. The van der Waals surface area contributed by atoms with Crippen LogP contribution in [0.25, 0.3) is 0 Å². The van der Waals surface area contributed by atoms with Crippen LogP contribution in [-0.4, -0.2) is 6.04 Å². The Hall–Kier alpha value is -0.210. The van der Waals surface area contributed by atoms with E-state index in [9.17, 15) is 0 Å². The summed E-state index contributed by atoms with van der Waals surface area (Å²) < 4.78 is 0.987. The summed E-state index contributed by atoms with van der Waals surface area (Å²) in [7, 11) is 0. The van der Waals surface area contributed by atoms with Crippen molar-refractivity contribution >= 4 is 33.2 Å². The Morgan fingerprint density at radius 2 is 2.00 bits per heavy atom. The third-order valence-corrected chi connectivity index (χ3v) is 5.67. The van der Waals surface area contributed by atoms with Gasteiger partial charge in [0, 0.05) is 6.04 Å². The topological polar surface area (TPSA) is 12.0 Å². The van der Waals surface area contributed by atoms with Crippen molar-refractivity contribution in [3.05, 3.63) is 27.7 Å². The number of benzene rings is 1. The van der Waals surface area contributed by atoms with E-state index >= 15 is 0 Å². The van der Waals surface area contributed by atoms with Gasteiger partial charge in [0.25, 0.3) is 0 Å². The molecule has 2 unspecified atom stereocenters. The molecule has 0 saturated heterocycles. The van der Waals surface area contributed by atoms with Gasteiger partial charge in [0.2, 0.25) is 0 Å². The molecule has 1 saturated carbocycles. The van der Waals surface area contributed by atoms with E-state index in [0.717, 1.165) is 27.0 Å². The van der Waals surface area contributed by atoms with Crippen LogP contribution in [0.15, 0.2) is 22.7 Å². The normalized spacial score (nSPS) is 24.3. The molecule has 19 heavy (non-hydrogen) atoms. The van der Waals surface area contributed by atoms with Crippen LogP contribution in [-0.2, 0) is 0 Å². The zero-order valence-electron chi connectivity index (χ0n) is 11.8. The van der Waals surface area contributed by atoms with Crippen LogP contribution in [0.1, 0.15) is 46.0 Å². The lowest BCUT2D eigenvalue weighted by molar-refractivity contribution is 0.341. The lowest BCUT2D eigenvalue weighted by Crippen LogP contribution is -2.19. The van der Waals surface area contributed by atoms with Gasteiger partial charge in [-0.25, -0.2) is 0 Å². The molecule has 0 amide bonds. The van der Waals surface area contributed by atoms with Crippen molar-refractivity contribution in [2.24, 2.45) is 11.8 Å². The minimum atomic E-state index is 0.582. The monoisotopic (exact) mass is 343 g/mol.